The summed E-state index contributed by atoms with van der Waals surface area (Å²) in [6.07, 6.45) is 0. The Morgan fingerprint density at radius 3 is 2.43 bits per heavy atom. The van der Waals surface area contributed by atoms with Crippen LogP contribution < -0.4 is 20.6 Å². The van der Waals surface area contributed by atoms with Crippen LogP contribution in [-0.4, -0.2) is 47.3 Å². The van der Waals surface area contributed by atoms with E-state index < -0.39 is 0 Å². The summed E-state index contributed by atoms with van der Waals surface area (Å²) in [5.41, 5.74) is 1.89. The molecule has 0 saturated carbocycles. The van der Waals surface area contributed by atoms with Gasteiger partial charge in [-0.15, -0.1) is 10.2 Å². The van der Waals surface area contributed by atoms with E-state index in [0.717, 1.165) is 0 Å². The summed E-state index contributed by atoms with van der Waals surface area (Å²) in [5.74, 6) is 8.18. The van der Waals surface area contributed by atoms with Gasteiger partial charge in [0.05, 0.1) is 20.0 Å². The normalized spacial score (nSPS) is 11.7. The van der Waals surface area contributed by atoms with Gasteiger partial charge in [0.2, 0.25) is 11.1 Å². The average molecular weight is 428 g/mol. The molecule has 0 saturated heterocycles. The van der Waals surface area contributed by atoms with Gasteiger partial charge in [0, 0.05) is 18.2 Å². The average Bonchev–Trinajstić information content (AvgIpc) is 3.16. The molecule has 1 amide bonds. The van der Waals surface area contributed by atoms with Crippen LogP contribution in [0.2, 0.25) is 0 Å². The second kappa shape index (κ2) is 10.0. The van der Waals surface area contributed by atoms with Gasteiger partial charge in [-0.25, -0.2) is 4.68 Å². The fourth-order valence-electron chi connectivity index (χ4n) is 2.86. The van der Waals surface area contributed by atoms with Crippen molar-refractivity contribution in [3.8, 4) is 22.9 Å². The van der Waals surface area contributed by atoms with Gasteiger partial charge >= 0.3 is 0 Å². The first-order valence-corrected chi connectivity index (χ1v) is 10.4. The number of aromatic nitrogens is 3. The zero-order chi connectivity index (χ0) is 21.5. The minimum absolute atomic E-state index is 0.0876. The van der Waals surface area contributed by atoms with E-state index in [0.29, 0.717) is 34.6 Å². The monoisotopic (exact) mass is 427 g/mol. The minimum Gasteiger partial charge on any atom is -0.497 e. The lowest BCUT2D eigenvalue weighted by atomic mass is 10.0. The van der Waals surface area contributed by atoms with Crippen LogP contribution in [0.5, 0.6) is 11.5 Å². The zero-order valence-electron chi connectivity index (χ0n) is 17.2. The highest BCUT2D eigenvalue weighted by atomic mass is 32.2. The standard InChI is InChI=1S/C21H25N5O3S/c1-14(15-7-5-4-6-8-15)12-23-19(27)13-30-21-25-24-20(26(21)22)16-9-17(28-2)11-18(10-16)29-3/h4-11,14H,12-13,22H2,1-3H3,(H,23,27)/t14-/m1/s1. The Morgan fingerprint density at radius 2 is 1.80 bits per heavy atom. The maximum absolute atomic E-state index is 12.2. The third-order valence-electron chi connectivity index (χ3n) is 4.58. The van der Waals surface area contributed by atoms with E-state index >= 15 is 0 Å². The lowest BCUT2D eigenvalue weighted by Crippen LogP contribution is -2.29. The molecule has 0 fully saturated rings. The molecule has 158 valence electrons. The molecule has 0 radical (unpaired) electrons. The fourth-order valence-corrected chi connectivity index (χ4v) is 3.54. The fraction of sp³-hybridized carbons (Fsp3) is 0.286. The lowest BCUT2D eigenvalue weighted by molar-refractivity contribution is -0.118. The van der Waals surface area contributed by atoms with Crippen molar-refractivity contribution in [2.75, 3.05) is 32.4 Å². The number of carbonyl (C=O) groups is 1. The SMILES string of the molecule is COc1cc(OC)cc(-c2nnc(SCC(=O)NC[C@@H](C)c3ccccc3)n2N)c1. The number of thioether (sulfide) groups is 1. The molecule has 0 unspecified atom stereocenters. The minimum atomic E-state index is -0.0876. The highest BCUT2D eigenvalue weighted by molar-refractivity contribution is 7.99. The van der Waals surface area contributed by atoms with Crippen molar-refractivity contribution in [1.29, 1.82) is 0 Å². The Kier molecular flexibility index (Phi) is 7.18. The van der Waals surface area contributed by atoms with Gasteiger partial charge in [-0.3, -0.25) is 4.79 Å². The number of nitrogens with zero attached hydrogens (tertiary/aromatic N) is 3. The van der Waals surface area contributed by atoms with Gasteiger partial charge in [-0.05, 0) is 23.6 Å². The van der Waals surface area contributed by atoms with Crippen LogP contribution in [0.4, 0.5) is 0 Å². The number of rotatable bonds is 9. The number of ether oxygens (including phenoxy) is 2. The molecule has 1 atom stereocenters. The van der Waals surface area contributed by atoms with Crippen LogP contribution in [0.1, 0.15) is 18.4 Å². The number of benzene rings is 2. The molecule has 1 heterocycles. The van der Waals surface area contributed by atoms with Crippen molar-refractivity contribution in [3.05, 3.63) is 54.1 Å². The van der Waals surface area contributed by atoms with Crippen molar-refractivity contribution >= 4 is 17.7 Å². The quantitative estimate of drug-likeness (QED) is 0.400. The molecule has 0 aliphatic carbocycles. The summed E-state index contributed by atoms with van der Waals surface area (Å²) < 4.78 is 11.9. The van der Waals surface area contributed by atoms with E-state index in [4.69, 9.17) is 15.3 Å². The molecule has 3 rings (SSSR count). The molecule has 8 nitrogen and oxygen atoms in total. The smallest absolute Gasteiger partial charge is 0.230 e. The molecule has 9 heteroatoms. The Bertz CT molecular complexity index is 971. The molecule has 30 heavy (non-hydrogen) atoms. The van der Waals surface area contributed by atoms with Gasteiger partial charge in [0.1, 0.15) is 11.5 Å². The van der Waals surface area contributed by atoms with Crippen molar-refractivity contribution in [2.45, 2.75) is 18.0 Å². The predicted molar refractivity (Wildman–Crippen MR) is 117 cm³/mol. The molecule has 0 aliphatic heterocycles. The number of methoxy groups -OCH3 is 2. The Labute approximate surface area is 179 Å². The maximum atomic E-state index is 12.2. The molecular formula is C21H25N5O3S. The van der Waals surface area contributed by atoms with Gasteiger partial charge < -0.3 is 20.6 Å². The van der Waals surface area contributed by atoms with Crippen LogP contribution in [-0.2, 0) is 4.79 Å². The van der Waals surface area contributed by atoms with Crippen molar-refractivity contribution in [1.82, 2.24) is 20.2 Å². The number of nitrogen functional groups attached to an aromatic ring is 1. The number of carbonyl (C=O) groups excluding carboxylic acids is 1. The zero-order valence-corrected chi connectivity index (χ0v) is 18.0. The van der Waals surface area contributed by atoms with E-state index in [1.807, 2.05) is 18.2 Å². The third kappa shape index (κ3) is 5.24. The number of nitrogens with two attached hydrogens (primary N) is 1. The highest BCUT2D eigenvalue weighted by Crippen LogP contribution is 2.29. The summed E-state index contributed by atoms with van der Waals surface area (Å²) in [4.78, 5) is 12.2. The first-order valence-electron chi connectivity index (χ1n) is 9.40. The van der Waals surface area contributed by atoms with E-state index in [-0.39, 0.29) is 17.6 Å². The van der Waals surface area contributed by atoms with E-state index in [1.165, 1.54) is 22.0 Å². The maximum Gasteiger partial charge on any atom is 0.230 e. The topological polar surface area (TPSA) is 104 Å². The van der Waals surface area contributed by atoms with Crippen molar-refractivity contribution < 1.29 is 14.3 Å². The summed E-state index contributed by atoms with van der Waals surface area (Å²) in [6.45, 7) is 2.64. The number of hydrogen-bond acceptors (Lipinski definition) is 7. The van der Waals surface area contributed by atoms with Gasteiger partial charge in [-0.1, -0.05) is 49.0 Å². The van der Waals surface area contributed by atoms with Crippen LogP contribution in [0, 0.1) is 0 Å². The third-order valence-corrected chi connectivity index (χ3v) is 5.52. The van der Waals surface area contributed by atoms with Gasteiger partial charge in [0.25, 0.3) is 0 Å². The molecule has 3 N–H and O–H groups in total. The van der Waals surface area contributed by atoms with E-state index in [1.54, 1.807) is 32.4 Å². The first kappa shape index (κ1) is 21.5. The molecule has 0 spiro atoms. The predicted octanol–water partition coefficient (Wildman–Crippen LogP) is 2.69. The summed E-state index contributed by atoms with van der Waals surface area (Å²) in [7, 11) is 3.15. The van der Waals surface area contributed by atoms with Crippen molar-refractivity contribution in [3.63, 3.8) is 0 Å². The summed E-state index contributed by atoms with van der Waals surface area (Å²) in [5, 5.41) is 11.7. The van der Waals surface area contributed by atoms with Crippen LogP contribution >= 0.6 is 11.8 Å². The summed E-state index contributed by atoms with van der Waals surface area (Å²) >= 11 is 1.23. The molecule has 2 aromatic carbocycles. The molecular weight excluding hydrogens is 402 g/mol. The van der Waals surface area contributed by atoms with Crippen LogP contribution in [0.3, 0.4) is 0 Å². The second-order valence-electron chi connectivity index (χ2n) is 6.68. The Hall–Kier alpha value is -3.20. The second-order valence-corrected chi connectivity index (χ2v) is 7.62. The number of hydrogen-bond donors (Lipinski definition) is 2. The van der Waals surface area contributed by atoms with Crippen LogP contribution in [0.25, 0.3) is 11.4 Å². The van der Waals surface area contributed by atoms with Gasteiger partial charge in [-0.2, -0.15) is 0 Å². The number of nitrogens with one attached hydrogen (secondary N) is 1. The number of amides is 1. The molecule has 3 aromatic rings. The molecule has 1 aromatic heterocycles. The van der Waals surface area contributed by atoms with Gasteiger partial charge in [0.15, 0.2) is 5.82 Å². The summed E-state index contributed by atoms with van der Waals surface area (Å²) in [6, 6.07) is 15.4. The Morgan fingerprint density at radius 1 is 1.13 bits per heavy atom. The first-order chi connectivity index (χ1) is 14.5. The molecule has 0 aliphatic rings. The Balaban J connectivity index is 1.59. The largest absolute Gasteiger partial charge is 0.497 e. The highest BCUT2D eigenvalue weighted by Gasteiger charge is 2.16. The van der Waals surface area contributed by atoms with Crippen LogP contribution in [0.15, 0.2) is 53.7 Å². The lowest BCUT2D eigenvalue weighted by Gasteiger charge is -2.12. The van der Waals surface area contributed by atoms with E-state index in [9.17, 15) is 4.79 Å². The van der Waals surface area contributed by atoms with Crippen molar-refractivity contribution in [2.24, 2.45) is 0 Å². The van der Waals surface area contributed by atoms with E-state index in [2.05, 4.69) is 34.6 Å². The molecule has 0 bridgehead atoms.